The van der Waals surface area contributed by atoms with E-state index in [9.17, 15) is 0 Å². The third-order valence-corrected chi connectivity index (χ3v) is 8.83. The third-order valence-electron chi connectivity index (χ3n) is 6.27. The SMILES string of the molecule is CCCCCCCCCc1ccccc1SSc1ccccc1CCCCCCCCC. The Bertz CT molecular complexity index is 648. The van der Waals surface area contributed by atoms with E-state index in [0.717, 1.165) is 0 Å². The van der Waals surface area contributed by atoms with Gasteiger partial charge in [0.1, 0.15) is 0 Å². The number of aryl methyl sites for hydroxylation is 2. The Balaban J connectivity index is 1.76. The van der Waals surface area contributed by atoms with Gasteiger partial charge in [-0.25, -0.2) is 0 Å². The van der Waals surface area contributed by atoms with Gasteiger partial charge >= 0.3 is 0 Å². The summed E-state index contributed by atoms with van der Waals surface area (Å²) in [5, 5.41) is 0. The van der Waals surface area contributed by atoms with Crippen LogP contribution in [0, 0.1) is 0 Å². The van der Waals surface area contributed by atoms with Crippen molar-refractivity contribution in [1.29, 1.82) is 0 Å². The Labute approximate surface area is 207 Å². The lowest BCUT2D eigenvalue weighted by Gasteiger charge is -2.11. The van der Waals surface area contributed by atoms with Gasteiger partial charge in [0.2, 0.25) is 0 Å². The van der Waals surface area contributed by atoms with Gasteiger partial charge in [-0.2, -0.15) is 0 Å². The van der Waals surface area contributed by atoms with Gasteiger partial charge in [-0.3, -0.25) is 0 Å². The number of hydrogen-bond acceptors (Lipinski definition) is 2. The molecule has 2 rings (SSSR count). The number of unbranched alkanes of at least 4 members (excludes halogenated alkanes) is 12. The lowest BCUT2D eigenvalue weighted by Crippen LogP contribution is -1.90. The molecule has 32 heavy (non-hydrogen) atoms. The molecule has 2 heteroatoms. The van der Waals surface area contributed by atoms with Crippen molar-refractivity contribution in [1.82, 2.24) is 0 Å². The lowest BCUT2D eigenvalue weighted by atomic mass is 10.0. The fourth-order valence-corrected chi connectivity index (χ4v) is 6.73. The normalized spacial score (nSPS) is 11.2. The highest BCUT2D eigenvalue weighted by atomic mass is 33.1. The molecule has 0 fully saturated rings. The second-order valence-corrected chi connectivity index (χ2v) is 11.3. The zero-order valence-corrected chi connectivity index (χ0v) is 22.4. The first-order chi connectivity index (χ1) is 15.8. The maximum absolute atomic E-state index is 2.34. The second kappa shape index (κ2) is 18.6. The Morgan fingerprint density at radius 1 is 0.438 bits per heavy atom. The molecule has 0 atom stereocenters. The van der Waals surface area contributed by atoms with Crippen LogP contribution in [0.4, 0.5) is 0 Å². The highest BCUT2D eigenvalue weighted by Crippen LogP contribution is 2.41. The topological polar surface area (TPSA) is 0 Å². The first kappa shape index (κ1) is 27.4. The molecule has 0 aromatic heterocycles. The van der Waals surface area contributed by atoms with Crippen molar-refractivity contribution in [2.24, 2.45) is 0 Å². The molecule has 0 bridgehead atoms. The summed E-state index contributed by atoms with van der Waals surface area (Å²) < 4.78 is 0. The molecule has 178 valence electrons. The van der Waals surface area contributed by atoms with E-state index in [2.05, 4.69) is 62.4 Å². The summed E-state index contributed by atoms with van der Waals surface area (Å²) in [4.78, 5) is 2.91. The highest BCUT2D eigenvalue weighted by Gasteiger charge is 2.07. The molecule has 0 spiro atoms. The highest BCUT2D eigenvalue weighted by molar-refractivity contribution is 8.76. The summed E-state index contributed by atoms with van der Waals surface area (Å²) in [5.41, 5.74) is 3.06. The van der Waals surface area contributed by atoms with Crippen LogP contribution in [-0.2, 0) is 12.8 Å². The molecule has 0 saturated heterocycles. The zero-order valence-electron chi connectivity index (χ0n) is 20.7. The van der Waals surface area contributed by atoms with Crippen LogP contribution in [0.1, 0.15) is 115 Å². The molecule has 0 radical (unpaired) electrons. The van der Waals surface area contributed by atoms with Crippen molar-refractivity contribution in [2.75, 3.05) is 0 Å². The molecule has 0 aliphatic carbocycles. The van der Waals surface area contributed by atoms with Crippen LogP contribution >= 0.6 is 21.6 Å². The maximum Gasteiger partial charge on any atom is 0.0218 e. The minimum Gasteiger partial charge on any atom is -0.0654 e. The van der Waals surface area contributed by atoms with Gasteiger partial charge < -0.3 is 0 Å². The first-order valence-electron chi connectivity index (χ1n) is 13.4. The monoisotopic (exact) mass is 470 g/mol. The van der Waals surface area contributed by atoms with Gasteiger partial charge in [-0.15, -0.1) is 0 Å². The van der Waals surface area contributed by atoms with Crippen molar-refractivity contribution in [3.05, 3.63) is 59.7 Å². The summed E-state index contributed by atoms with van der Waals surface area (Å²) in [6, 6.07) is 18.1. The predicted octanol–water partition coefficient (Wildman–Crippen LogP) is 11.1. The zero-order chi connectivity index (χ0) is 22.7. The quantitative estimate of drug-likeness (QED) is 0.148. The van der Waals surface area contributed by atoms with E-state index in [4.69, 9.17) is 0 Å². The second-order valence-electron chi connectivity index (χ2n) is 9.12. The largest absolute Gasteiger partial charge is 0.0654 e. The van der Waals surface area contributed by atoms with Crippen LogP contribution in [0.2, 0.25) is 0 Å². The minimum absolute atomic E-state index is 1.22. The minimum atomic E-state index is 1.22. The van der Waals surface area contributed by atoms with E-state index in [0.29, 0.717) is 0 Å². The molecular weight excluding hydrogens is 424 g/mol. The van der Waals surface area contributed by atoms with E-state index in [1.165, 1.54) is 124 Å². The average Bonchev–Trinajstić information content (AvgIpc) is 2.83. The first-order valence-corrected chi connectivity index (χ1v) is 15.5. The van der Waals surface area contributed by atoms with Crippen LogP contribution in [0.3, 0.4) is 0 Å². The van der Waals surface area contributed by atoms with Gasteiger partial charge in [0, 0.05) is 9.79 Å². The molecule has 0 unspecified atom stereocenters. The molecule has 0 heterocycles. The van der Waals surface area contributed by atoms with Crippen molar-refractivity contribution >= 4 is 21.6 Å². The van der Waals surface area contributed by atoms with Crippen LogP contribution in [0.5, 0.6) is 0 Å². The van der Waals surface area contributed by atoms with E-state index in [1.807, 2.05) is 21.6 Å². The fraction of sp³-hybridized carbons (Fsp3) is 0.600. The molecule has 0 aliphatic heterocycles. The summed E-state index contributed by atoms with van der Waals surface area (Å²) in [5.74, 6) is 0. The van der Waals surface area contributed by atoms with E-state index in [1.54, 1.807) is 0 Å². The molecule has 0 N–H and O–H groups in total. The van der Waals surface area contributed by atoms with E-state index < -0.39 is 0 Å². The predicted molar refractivity (Wildman–Crippen MR) is 148 cm³/mol. The Kier molecular flexibility index (Phi) is 15.9. The molecular formula is C30H46S2. The Morgan fingerprint density at radius 3 is 1.19 bits per heavy atom. The van der Waals surface area contributed by atoms with Crippen molar-refractivity contribution < 1.29 is 0 Å². The number of benzene rings is 2. The number of hydrogen-bond donors (Lipinski definition) is 0. The molecule has 0 saturated carbocycles. The van der Waals surface area contributed by atoms with Crippen LogP contribution in [-0.4, -0.2) is 0 Å². The Morgan fingerprint density at radius 2 is 0.781 bits per heavy atom. The molecule has 2 aromatic carbocycles. The number of rotatable bonds is 19. The smallest absolute Gasteiger partial charge is 0.0218 e. The third kappa shape index (κ3) is 11.8. The van der Waals surface area contributed by atoms with Crippen LogP contribution in [0.15, 0.2) is 58.3 Å². The summed E-state index contributed by atoms with van der Waals surface area (Å²) in [6.45, 7) is 4.58. The molecule has 0 amide bonds. The molecule has 2 aromatic rings. The van der Waals surface area contributed by atoms with E-state index in [-0.39, 0.29) is 0 Å². The van der Waals surface area contributed by atoms with Gasteiger partial charge in [0.25, 0.3) is 0 Å². The van der Waals surface area contributed by atoms with Gasteiger partial charge in [0.15, 0.2) is 0 Å². The maximum atomic E-state index is 2.34. The standard InChI is InChI=1S/C30H46S2/c1-3-5-7-9-11-13-15-21-27-23-17-19-25-29(27)31-32-30-26-20-18-24-28(30)22-16-14-12-10-8-6-4-2/h17-20,23-26H,3-16,21-22H2,1-2H3. The van der Waals surface area contributed by atoms with Gasteiger partial charge in [0.05, 0.1) is 0 Å². The fourth-order valence-electron chi connectivity index (χ4n) is 4.22. The average molecular weight is 471 g/mol. The van der Waals surface area contributed by atoms with Gasteiger partial charge in [-0.1, -0.05) is 149 Å². The summed E-state index contributed by atoms with van der Waals surface area (Å²) in [7, 11) is 3.92. The lowest BCUT2D eigenvalue weighted by molar-refractivity contribution is 0.588. The van der Waals surface area contributed by atoms with Crippen LogP contribution < -0.4 is 0 Å². The van der Waals surface area contributed by atoms with E-state index >= 15 is 0 Å². The van der Waals surface area contributed by atoms with Crippen molar-refractivity contribution in [2.45, 2.75) is 126 Å². The van der Waals surface area contributed by atoms with Crippen molar-refractivity contribution in [3.8, 4) is 0 Å². The summed E-state index contributed by atoms with van der Waals surface area (Å²) in [6.07, 6.45) is 21.8. The molecule has 0 aliphatic rings. The molecule has 0 nitrogen and oxygen atoms in total. The Hall–Kier alpha value is -0.860. The van der Waals surface area contributed by atoms with Crippen molar-refractivity contribution in [3.63, 3.8) is 0 Å². The van der Waals surface area contributed by atoms with Gasteiger partial charge in [-0.05, 0) is 48.9 Å². The van der Waals surface area contributed by atoms with Crippen LogP contribution in [0.25, 0.3) is 0 Å². The summed E-state index contributed by atoms with van der Waals surface area (Å²) >= 11 is 0.